The van der Waals surface area contributed by atoms with Crippen LogP contribution in [0, 0.1) is 0 Å². The summed E-state index contributed by atoms with van der Waals surface area (Å²) in [5.41, 5.74) is 1.68. The van der Waals surface area contributed by atoms with E-state index in [1.165, 1.54) is 12.1 Å². The van der Waals surface area contributed by atoms with Gasteiger partial charge in [-0.3, -0.25) is 0 Å². The van der Waals surface area contributed by atoms with Crippen LogP contribution in [-0.4, -0.2) is 6.61 Å². The first-order chi connectivity index (χ1) is 10.0. The molecule has 0 saturated carbocycles. The molecule has 2 aromatic carbocycles. The molecule has 0 aliphatic carbocycles. The summed E-state index contributed by atoms with van der Waals surface area (Å²) in [6.07, 6.45) is 0. The molecule has 2 nitrogen and oxygen atoms in total. The Morgan fingerprint density at radius 3 is 2.67 bits per heavy atom. The minimum absolute atomic E-state index is 0.135. The number of rotatable bonds is 6. The molecule has 2 rings (SSSR count). The van der Waals surface area contributed by atoms with E-state index >= 15 is 0 Å². The highest BCUT2D eigenvalue weighted by Gasteiger charge is 2.10. The fraction of sp³-hybridized carbons (Fsp3) is 0.200. The summed E-state index contributed by atoms with van der Waals surface area (Å²) < 4.78 is 30.2. The normalized spacial score (nSPS) is 10.9. The van der Waals surface area contributed by atoms with Gasteiger partial charge in [0.2, 0.25) is 0 Å². The van der Waals surface area contributed by atoms with Crippen molar-refractivity contribution in [1.82, 2.24) is 5.32 Å². The van der Waals surface area contributed by atoms with Gasteiger partial charge in [-0.05, 0) is 35.9 Å². The number of hydrogen-bond donors (Lipinski definition) is 1. The number of nitrogens with one attached hydrogen (secondary N) is 1. The first kappa shape index (κ1) is 16.2. The van der Waals surface area contributed by atoms with E-state index in [9.17, 15) is 8.78 Å². The lowest BCUT2D eigenvalue weighted by Crippen LogP contribution is -2.14. The Hall–Kier alpha value is -1.17. The van der Waals surface area contributed by atoms with Gasteiger partial charge in [-0.15, -0.1) is 0 Å². The minimum atomic E-state index is -2.85. The Bertz CT molecular complexity index is 610. The third-order valence-electron chi connectivity index (χ3n) is 2.77. The Morgan fingerprint density at radius 2 is 1.95 bits per heavy atom. The van der Waals surface area contributed by atoms with Gasteiger partial charge in [0.1, 0.15) is 5.75 Å². The zero-order chi connectivity index (χ0) is 15.2. The minimum Gasteiger partial charge on any atom is -0.434 e. The van der Waals surface area contributed by atoms with E-state index in [0.29, 0.717) is 23.7 Å². The highest BCUT2D eigenvalue weighted by Crippen LogP contribution is 2.24. The summed E-state index contributed by atoms with van der Waals surface area (Å²) >= 11 is 9.29. The van der Waals surface area contributed by atoms with Crippen LogP contribution in [0.5, 0.6) is 5.75 Å². The third kappa shape index (κ3) is 5.26. The Balaban J connectivity index is 2.00. The smallest absolute Gasteiger partial charge is 0.387 e. The molecular weight excluding hydrogens is 364 g/mol. The molecular formula is C15H13BrClF2NO. The van der Waals surface area contributed by atoms with Crippen LogP contribution in [0.25, 0.3) is 0 Å². The summed E-state index contributed by atoms with van der Waals surface area (Å²) in [7, 11) is 0. The van der Waals surface area contributed by atoms with Gasteiger partial charge in [0.25, 0.3) is 0 Å². The number of alkyl halides is 2. The van der Waals surface area contributed by atoms with E-state index in [-0.39, 0.29) is 5.75 Å². The quantitative estimate of drug-likeness (QED) is 0.766. The zero-order valence-corrected chi connectivity index (χ0v) is 13.3. The maximum absolute atomic E-state index is 12.4. The number of ether oxygens (including phenoxy) is 1. The highest BCUT2D eigenvalue weighted by molar-refractivity contribution is 9.10. The lowest BCUT2D eigenvalue weighted by atomic mass is 10.2. The molecule has 0 amide bonds. The maximum atomic E-state index is 12.4. The summed E-state index contributed by atoms with van der Waals surface area (Å²) in [6, 6.07) is 12.4. The van der Waals surface area contributed by atoms with Gasteiger partial charge in [0.05, 0.1) is 0 Å². The maximum Gasteiger partial charge on any atom is 0.387 e. The van der Waals surface area contributed by atoms with Gasteiger partial charge in [0.15, 0.2) is 0 Å². The average Bonchev–Trinajstić information content (AvgIpc) is 2.41. The number of hydrogen-bond acceptors (Lipinski definition) is 2. The molecule has 0 aliphatic rings. The summed E-state index contributed by atoms with van der Waals surface area (Å²) in [5.74, 6) is 0.135. The molecule has 1 N–H and O–H groups in total. The van der Waals surface area contributed by atoms with E-state index in [0.717, 1.165) is 10.0 Å². The fourth-order valence-corrected chi connectivity index (χ4v) is 2.53. The lowest BCUT2D eigenvalue weighted by molar-refractivity contribution is -0.0505. The van der Waals surface area contributed by atoms with Gasteiger partial charge in [-0.1, -0.05) is 39.7 Å². The molecule has 0 saturated heterocycles. The van der Waals surface area contributed by atoms with E-state index in [2.05, 4.69) is 26.0 Å². The molecule has 0 unspecified atom stereocenters. The topological polar surface area (TPSA) is 21.3 Å². The zero-order valence-electron chi connectivity index (χ0n) is 11.0. The van der Waals surface area contributed by atoms with E-state index in [1.54, 1.807) is 6.07 Å². The van der Waals surface area contributed by atoms with Crippen molar-refractivity contribution >= 4 is 27.5 Å². The number of halogens is 4. The van der Waals surface area contributed by atoms with Gasteiger partial charge in [0, 0.05) is 28.1 Å². The summed E-state index contributed by atoms with van der Waals surface area (Å²) in [5, 5.41) is 3.66. The molecule has 2 aromatic rings. The van der Waals surface area contributed by atoms with Crippen molar-refractivity contribution < 1.29 is 13.5 Å². The molecule has 21 heavy (non-hydrogen) atoms. The van der Waals surface area contributed by atoms with Crippen LogP contribution in [0.2, 0.25) is 5.02 Å². The summed E-state index contributed by atoms with van der Waals surface area (Å²) in [4.78, 5) is 0. The van der Waals surface area contributed by atoms with Crippen molar-refractivity contribution in [3.8, 4) is 5.75 Å². The second-order valence-corrected chi connectivity index (χ2v) is 5.72. The van der Waals surface area contributed by atoms with Crippen LogP contribution in [0.4, 0.5) is 8.78 Å². The van der Waals surface area contributed by atoms with Gasteiger partial charge >= 0.3 is 6.61 Å². The standard InChI is InChI=1S/C15H13BrClF2NO/c16-12-3-1-2-10(6-12)8-20-9-11-7-13(17)4-5-14(11)21-15(18)19/h1-7,15,20H,8-9H2. The molecule has 0 aromatic heterocycles. The lowest BCUT2D eigenvalue weighted by Gasteiger charge is -2.12. The van der Waals surface area contributed by atoms with Crippen molar-refractivity contribution in [2.24, 2.45) is 0 Å². The molecule has 0 atom stereocenters. The van der Waals surface area contributed by atoms with Crippen LogP contribution in [0.3, 0.4) is 0 Å². The largest absolute Gasteiger partial charge is 0.434 e. The average molecular weight is 377 g/mol. The molecule has 6 heteroatoms. The molecule has 0 spiro atoms. The van der Waals surface area contributed by atoms with Gasteiger partial charge in [-0.2, -0.15) is 8.78 Å². The van der Waals surface area contributed by atoms with Crippen LogP contribution in [-0.2, 0) is 13.1 Å². The Kier molecular flexibility index (Phi) is 5.96. The van der Waals surface area contributed by atoms with Gasteiger partial charge < -0.3 is 10.1 Å². The van der Waals surface area contributed by atoms with Gasteiger partial charge in [-0.25, -0.2) is 0 Å². The molecule has 0 fully saturated rings. The highest BCUT2D eigenvalue weighted by atomic mass is 79.9. The van der Waals surface area contributed by atoms with Crippen molar-refractivity contribution in [3.05, 3.63) is 63.1 Å². The molecule has 112 valence electrons. The van der Waals surface area contributed by atoms with E-state index < -0.39 is 6.61 Å². The predicted molar refractivity (Wildman–Crippen MR) is 82.8 cm³/mol. The van der Waals surface area contributed by atoms with Crippen LogP contribution in [0.1, 0.15) is 11.1 Å². The third-order valence-corrected chi connectivity index (χ3v) is 3.50. The number of benzene rings is 2. The van der Waals surface area contributed by atoms with E-state index in [1.807, 2.05) is 24.3 Å². The SMILES string of the molecule is FC(F)Oc1ccc(Cl)cc1CNCc1cccc(Br)c1. The second-order valence-electron chi connectivity index (χ2n) is 4.36. The van der Waals surface area contributed by atoms with Crippen molar-refractivity contribution in [3.63, 3.8) is 0 Å². The second kappa shape index (κ2) is 7.73. The molecule has 0 radical (unpaired) electrons. The first-order valence-corrected chi connectivity index (χ1v) is 7.40. The van der Waals surface area contributed by atoms with Crippen LogP contribution in [0.15, 0.2) is 46.9 Å². The van der Waals surface area contributed by atoms with E-state index in [4.69, 9.17) is 11.6 Å². The van der Waals surface area contributed by atoms with Crippen molar-refractivity contribution in [2.45, 2.75) is 19.7 Å². The Labute approximate surface area is 135 Å². The predicted octanol–water partition coefficient (Wildman–Crippen LogP) is 4.99. The van der Waals surface area contributed by atoms with Crippen molar-refractivity contribution in [1.29, 1.82) is 0 Å². The molecule has 0 heterocycles. The van der Waals surface area contributed by atoms with Crippen LogP contribution < -0.4 is 10.1 Å². The molecule has 0 bridgehead atoms. The first-order valence-electron chi connectivity index (χ1n) is 6.23. The molecule has 0 aliphatic heterocycles. The monoisotopic (exact) mass is 375 g/mol. The summed E-state index contributed by atoms with van der Waals surface area (Å²) in [6.45, 7) is -1.86. The van der Waals surface area contributed by atoms with Crippen LogP contribution >= 0.6 is 27.5 Å². The van der Waals surface area contributed by atoms with Crippen molar-refractivity contribution in [2.75, 3.05) is 0 Å². The Morgan fingerprint density at radius 1 is 1.14 bits per heavy atom. The fourth-order valence-electron chi connectivity index (χ4n) is 1.89.